The number of aromatic nitrogens is 1. The lowest BCUT2D eigenvalue weighted by molar-refractivity contribution is -0.131. The number of fused-ring (bicyclic) bond motifs is 1. The molecule has 4 rings (SSSR count). The summed E-state index contributed by atoms with van der Waals surface area (Å²) in [5, 5.41) is 3.78. The van der Waals surface area contributed by atoms with Crippen molar-refractivity contribution in [2.24, 2.45) is 7.05 Å². The summed E-state index contributed by atoms with van der Waals surface area (Å²) in [5.74, 6) is 0.553. The summed E-state index contributed by atoms with van der Waals surface area (Å²) in [6, 6.07) is 16.3. The molecule has 0 saturated carbocycles. The number of pyridine rings is 1. The predicted octanol–water partition coefficient (Wildman–Crippen LogP) is 2.86. The largest absolute Gasteiger partial charge is 0.497 e. The van der Waals surface area contributed by atoms with Gasteiger partial charge in [0, 0.05) is 44.1 Å². The van der Waals surface area contributed by atoms with Gasteiger partial charge in [-0.05, 0) is 36.6 Å². The van der Waals surface area contributed by atoms with Crippen molar-refractivity contribution in [1.82, 2.24) is 14.8 Å². The Morgan fingerprint density at radius 2 is 1.91 bits per heavy atom. The lowest BCUT2D eigenvalue weighted by Crippen LogP contribution is -2.36. The number of ether oxygens (including phenoxy) is 1. The Bertz CT molecular complexity index is 1220. The van der Waals surface area contributed by atoms with Gasteiger partial charge in [0.05, 0.1) is 18.2 Å². The first-order valence-corrected chi connectivity index (χ1v) is 10.8. The number of nitrogens with zero attached hydrogens (tertiary/aromatic N) is 2. The average molecular weight is 434 g/mol. The number of carbonyl (C=O) groups is 2. The van der Waals surface area contributed by atoms with E-state index in [4.69, 9.17) is 4.74 Å². The second kappa shape index (κ2) is 9.26. The molecule has 2 amide bonds. The van der Waals surface area contributed by atoms with Crippen LogP contribution in [0.15, 0.2) is 59.4 Å². The molecule has 1 saturated heterocycles. The maximum absolute atomic E-state index is 13.1. The minimum Gasteiger partial charge on any atom is -0.497 e. The van der Waals surface area contributed by atoms with Crippen LogP contribution in [0.4, 0.5) is 0 Å². The molecule has 1 unspecified atom stereocenters. The zero-order chi connectivity index (χ0) is 22.7. The van der Waals surface area contributed by atoms with Crippen molar-refractivity contribution in [2.45, 2.75) is 31.8 Å². The number of hydrogen-bond donors (Lipinski definition) is 1. The van der Waals surface area contributed by atoms with Crippen LogP contribution in [-0.2, 0) is 18.4 Å². The highest BCUT2D eigenvalue weighted by Crippen LogP contribution is 2.20. The fraction of sp³-hybridized carbons (Fsp3) is 0.320. The van der Waals surface area contributed by atoms with Crippen molar-refractivity contribution in [1.29, 1.82) is 0 Å². The van der Waals surface area contributed by atoms with Gasteiger partial charge in [-0.1, -0.05) is 30.3 Å². The number of amides is 2. The molecule has 3 aromatic rings. The van der Waals surface area contributed by atoms with E-state index in [2.05, 4.69) is 5.32 Å². The summed E-state index contributed by atoms with van der Waals surface area (Å²) in [6.07, 6.45) is 1.60. The summed E-state index contributed by atoms with van der Waals surface area (Å²) in [6.45, 7) is 1.06. The molecule has 1 aliphatic rings. The number of nitrogens with one attached hydrogen (secondary N) is 1. The van der Waals surface area contributed by atoms with Gasteiger partial charge in [-0.15, -0.1) is 0 Å². The average Bonchev–Trinajstić information content (AvgIpc) is 2.98. The Balaban J connectivity index is 1.47. The molecule has 32 heavy (non-hydrogen) atoms. The number of methoxy groups -OCH3 is 1. The van der Waals surface area contributed by atoms with Gasteiger partial charge in [0.1, 0.15) is 5.75 Å². The first kappa shape index (κ1) is 21.6. The summed E-state index contributed by atoms with van der Waals surface area (Å²) in [7, 11) is 3.31. The van der Waals surface area contributed by atoms with E-state index < -0.39 is 0 Å². The second-order valence-corrected chi connectivity index (χ2v) is 8.14. The first-order valence-electron chi connectivity index (χ1n) is 10.8. The molecule has 1 aliphatic heterocycles. The van der Waals surface area contributed by atoms with Gasteiger partial charge < -0.3 is 19.5 Å². The third kappa shape index (κ3) is 4.51. The fourth-order valence-electron chi connectivity index (χ4n) is 4.20. The van der Waals surface area contributed by atoms with Crippen LogP contribution in [0.1, 0.15) is 35.2 Å². The van der Waals surface area contributed by atoms with Crippen LogP contribution in [0, 0.1) is 0 Å². The number of carbonyl (C=O) groups excluding carboxylic acids is 2. The van der Waals surface area contributed by atoms with Crippen LogP contribution < -0.4 is 15.6 Å². The van der Waals surface area contributed by atoms with E-state index in [0.717, 1.165) is 16.7 Å². The van der Waals surface area contributed by atoms with Crippen molar-refractivity contribution >= 4 is 22.7 Å². The molecular weight excluding hydrogens is 406 g/mol. The van der Waals surface area contributed by atoms with Crippen molar-refractivity contribution in [3.63, 3.8) is 0 Å². The van der Waals surface area contributed by atoms with Gasteiger partial charge in [-0.3, -0.25) is 14.4 Å². The Kier molecular flexibility index (Phi) is 6.25. The van der Waals surface area contributed by atoms with E-state index in [1.165, 1.54) is 10.6 Å². The van der Waals surface area contributed by atoms with Crippen molar-refractivity contribution in [3.05, 3.63) is 76.1 Å². The van der Waals surface area contributed by atoms with E-state index >= 15 is 0 Å². The molecule has 1 fully saturated rings. The van der Waals surface area contributed by atoms with E-state index in [0.29, 0.717) is 43.4 Å². The number of aryl methyl sites for hydroxylation is 1. The van der Waals surface area contributed by atoms with Crippen LogP contribution in [0.25, 0.3) is 10.9 Å². The number of benzene rings is 2. The molecule has 0 aliphatic carbocycles. The molecule has 7 nitrogen and oxygen atoms in total. The third-order valence-corrected chi connectivity index (χ3v) is 6.05. The number of likely N-dealkylation sites (tertiary alicyclic amines) is 1. The fourth-order valence-corrected chi connectivity index (χ4v) is 4.20. The molecule has 1 aromatic heterocycles. The lowest BCUT2D eigenvalue weighted by Gasteiger charge is -2.21. The Morgan fingerprint density at radius 1 is 1.09 bits per heavy atom. The molecule has 0 spiro atoms. The van der Waals surface area contributed by atoms with Gasteiger partial charge in [0.15, 0.2) is 0 Å². The maximum atomic E-state index is 13.1. The normalized spacial score (nSPS) is 16.6. The summed E-state index contributed by atoms with van der Waals surface area (Å²) in [4.78, 5) is 39.9. The highest BCUT2D eigenvalue weighted by molar-refractivity contribution is 6.06. The lowest BCUT2D eigenvalue weighted by atomic mass is 10.1. The highest BCUT2D eigenvalue weighted by Gasteiger charge is 2.25. The minimum atomic E-state index is -0.280. The molecule has 2 aromatic carbocycles. The maximum Gasteiger partial charge on any atom is 0.252 e. The number of para-hydroxylation sites is 1. The predicted molar refractivity (Wildman–Crippen MR) is 123 cm³/mol. The Hall–Kier alpha value is -3.61. The number of hydrogen-bond acceptors (Lipinski definition) is 4. The van der Waals surface area contributed by atoms with Crippen LogP contribution in [0.2, 0.25) is 0 Å². The van der Waals surface area contributed by atoms with Crippen LogP contribution in [-0.4, -0.2) is 41.0 Å². The summed E-state index contributed by atoms with van der Waals surface area (Å²) in [5.41, 5.74) is 1.86. The molecule has 0 radical (unpaired) electrons. The van der Waals surface area contributed by atoms with Crippen molar-refractivity contribution < 1.29 is 14.3 Å². The molecule has 166 valence electrons. The Labute approximate surface area is 186 Å². The van der Waals surface area contributed by atoms with E-state index in [1.807, 2.05) is 53.4 Å². The SMILES string of the molecule is COc1cccc(CN2CCC(NC(=O)c3cc(=O)n(C)c4ccccc34)CCC2=O)c1. The topological polar surface area (TPSA) is 80.6 Å². The third-order valence-electron chi connectivity index (χ3n) is 6.05. The zero-order valence-electron chi connectivity index (χ0n) is 18.3. The van der Waals surface area contributed by atoms with E-state index in [1.54, 1.807) is 14.2 Å². The van der Waals surface area contributed by atoms with Gasteiger partial charge in [0.25, 0.3) is 11.5 Å². The molecular formula is C25H27N3O4. The van der Waals surface area contributed by atoms with Gasteiger partial charge in [-0.2, -0.15) is 0 Å². The summed E-state index contributed by atoms with van der Waals surface area (Å²) < 4.78 is 6.80. The van der Waals surface area contributed by atoms with Crippen molar-refractivity contribution in [2.75, 3.05) is 13.7 Å². The van der Waals surface area contributed by atoms with Crippen LogP contribution in [0.5, 0.6) is 5.75 Å². The zero-order valence-corrected chi connectivity index (χ0v) is 18.3. The molecule has 2 heterocycles. The van der Waals surface area contributed by atoms with Crippen molar-refractivity contribution in [3.8, 4) is 5.75 Å². The molecule has 1 atom stereocenters. The first-order chi connectivity index (χ1) is 15.5. The highest BCUT2D eigenvalue weighted by atomic mass is 16.5. The smallest absolute Gasteiger partial charge is 0.252 e. The molecule has 1 N–H and O–H groups in total. The van der Waals surface area contributed by atoms with Crippen LogP contribution in [0.3, 0.4) is 0 Å². The standard InChI is InChI=1S/C25H27N3O4/c1-27-22-9-4-3-8-20(22)21(15-24(27)30)25(31)26-18-10-11-23(29)28(13-12-18)16-17-6-5-7-19(14-17)32-2/h3-9,14-15,18H,10-13,16H2,1-2H3,(H,26,31). The second-order valence-electron chi connectivity index (χ2n) is 8.14. The minimum absolute atomic E-state index is 0.0728. The number of rotatable bonds is 5. The quantitative estimate of drug-likeness (QED) is 0.671. The molecule has 0 bridgehead atoms. The van der Waals surface area contributed by atoms with Crippen LogP contribution >= 0.6 is 0 Å². The monoisotopic (exact) mass is 433 g/mol. The molecule has 7 heteroatoms. The van der Waals surface area contributed by atoms with Gasteiger partial charge in [0.2, 0.25) is 5.91 Å². The van der Waals surface area contributed by atoms with Gasteiger partial charge in [-0.25, -0.2) is 0 Å². The van der Waals surface area contributed by atoms with E-state index in [-0.39, 0.29) is 23.4 Å². The Morgan fingerprint density at radius 3 is 2.72 bits per heavy atom. The summed E-state index contributed by atoms with van der Waals surface area (Å²) >= 11 is 0. The van der Waals surface area contributed by atoms with Gasteiger partial charge >= 0.3 is 0 Å². The van der Waals surface area contributed by atoms with E-state index in [9.17, 15) is 14.4 Å².